The summed E-state index contributed by atoms with van der Waals surface area (Å²) in [5.74, 6) is -0.156. The lowest BCUT2D eigenvalue weighted by atomic mass is 9.99. The maximum Gasteiger partial charge on any atom is 0.220 e. The van der Waals surface area contributed by atoms with Gasteiger partial charge in [-0.05, 0) is 64.2 Å². The van der Waals surface area contributed by atoms with Crippen molar-refractivity contribution in [3.63, 3.8) is 0 Å². The molecule has 9 heteroatoms. The van der Waals surface area contributed by atoms with Crippen LogP contribution in [0.15, 0.2) is 72.9 Å². The Morgan fingerprint density at radius 2 is 0.954 bits per heavy atom. The summed E-state index contributed by atoms with van der Waals surface area (Å²) in [7, 11) is 0. The van der Waals surface area contributed by atoms with E-state index in [9.17, 15) is 30.3 Å². The molecule has 0 radical (unpaired) electrons. The normalized spacial score (nSPS) is 20.5. The van der Waals surface area contributed by atoms with Crippen molar-refractivity contribution in [1.82, 2.24) is 5.32 Å². The molecule has 0 spiro atoms. The van der Waals surface area contributed by atoms with Crippen LogP contribution in [0.1, 0.15) is 219 Å². The Bertz CT molecular complexity index is 1240. The molecule has 1 rings (SSSR count). The lowest BCUT2D eigenvalue weighted by Gasteiger charge is -2.40. The fourth-order valence-electron chi connectivity index (χ4n) is 8.11. The Morgan fingerprint density at radius 1 is 0.538 bits per heavy atom. The molecular weight excluding hydrogens is 815 g/mol. The number of carbonyl (C=O) groups excluding carboxylic acids is 1. The van der Waals surface area contributed by atoms with E-state index >= 15 is 0 Å². The Labute approximate surface area is 398 Å². The van der Waals surface area contributed by atoms with Crippen molar-refractivity contribution in [2.75, 3.05) is 13.2 Å². The Morgan fingerprint density at radius 3 is 1.38 bits per heavy atom. The SMILES string of the molecule is CC/C=C\C/C=C\C/C=C\C/C=C\C/C=C\C/C=C\CCCCCCCCCCCCCCCCCCCCCCC(=O)NC(COC1OC(CO)C(O)C(O)C1O)C(O)CCCCC. The molecule has 1 fully saturated rings. The highest BCUT2D eigenvalue weighted by Gasteiger charge is 2.44. The average molecular weight is 914 g/mol. The largest absolute Gasteiger partial charge is 0.394 e. The lowest BCUT2D eigenvalue weighted by Crippen LogP contribution is -2.60. The lowest BCUT2D eigenvalue weighted by molar-refractivity contribution is -0.302. The van der Waals surface area contributed by atoms with Crippen molar-refractivity contribution < 1.29 is 39.8 Å². The predicted octanol–water partition coefficient (Wildman–Crippen LogP) is 12.5. The second kappa shape index (κ2) is 45.4. The van der Waals surface area contributed by atoms with Gasteiger partial charge in [0.15, 0.2) is 6.29 Å². The molecule has 0 aromatic rings. The molecule has 7 unspecified atom stereocenters. The molecule has 1 heterocycles. The third-order valence-electron chi connectivity index (χ3n) is 12.3. The molecule has 0 saturated carbocycles. The zero-order valence-corrected chi connectivity index (χ0v) is 41.5. The Balaban J connectivity index is 1.93. The maximum atomic E-state index is 12.8. The number of aliphatic hydroxyl groups is 5. The summed E-state index contributed by atoms with van der Waals surface area (Å²) in [5, 5.41) is 53.7. The van der Waals surface area contributed by atoms with Crippen LogP contribution >= 0.6 is 0 Å². The number of nitrogens with one attached hydrogen (secondary N) is 1. The topological polar surface area (TPSA) is 149 Å². The van der Waals surface area contributed by atoms with Crippen LogP contribution in [0.3, 0.4) is 0 Å². The van der Waals surface area contributed by atoms with E-state index in [0.29, 0.717) is 12.8 Å². The summed E-state index contributed by atoms with van der Waals surface area (Å²) < 4.78 is 11.1. The summed E-state index contributed by atoms with van der Waals surface area (Å²) in [6, 6.07) is -0.714. The number of aliphatic hydroxyl groups excluding tert-OH is 5. The van der Waals surface area contributed by atoms with E-state index in [4.69, 9.17) is 9.47 Å². The molecule has 0 bridgehead atoms. The highest BCUT2D eigenvalue weighted by molar-refractivity contribution is 5.76. The van der Waals surface area contributed by atoms with Gasteiger partial charge in [0.25, 0.3) is 0 Å². The van der Waals surface area contributed by atoms with Gasteiger partial charge in [0.2, 0.25) is 5.91 Å². The molecule has 1 saturated heterocycles. The van der Waals surface area contributed by atoms with Crippen molar-refractivity contribution in [2.24, 2.45) is 0 Å². The van der Waals surface area contributed by atoms with Crippen molar-refractivity contribution in [3.8, 4) is 0 Å². The van der Waals surface area contributed by atoms with Gasteiger partial charge >= 0.3 is 0 Å². The van der Waals surface area contributed by atoms with E-state index in [2.05, 4.69) is 92.1 Å². The standard InChI is InChI=1S/C56H99NO8/c1-3-5-7-8-9-10-11-12-13-14-15-16-17-18-19-20-21-22-23-24-25-26-27-28-29-30-31-32-33-34-35-36-37-38-39-40-41-42-44-46-52(60)57-49(50(59)45-43-6-4-2)48-64-56-55(63)54(62)53(61)51(47-58)65-56/h5,7,9-10,12-13,15-16,18-19,21-22,49-51,53-56,58-59,61-63H,3-4,6,8,11,14,17,20,23-48H2,1-2H3,(H,57,60)/b7-5-,10-9-,13-12-,16-15-,19-18-,22-21-. The minimum Gasteiger partial charge on any atom is -0.394 e. The van der Waals surface area contributed by atoms with Crippen LogP contribution in [0.4, 0.5) is 0 Å². The van der Waals surface area contributed by atoms with Gasteiger partial charge in [-0.15, -0.1) is 0 Å². The quantitative estimate of drug-likeness (QED) is 0.0261. The number of allylic oxidation sites excluding steroid dienone is 12. The summed E-state index contributed by atoms with van der Waals surface area (Å²) >= 11 is 0. The van der Waals surface area contributed by atoms with Crippen LogP contribution < -0.4 is 5.32 Å². The predicted molar refractivity (Wildman–Crippen MR) is 272 cm³/mol. The first-order chi connectivity index (χ1) is 31.8. The van der Waals surface area contributed by atoms with Crippen molar-refractivity contribution >= 4 is 5.91 Å². The third kappa shape index (κ3) is 35.4. The number of carbonyl (C=O) groups is 1. The minimum absolute atomic E-state index is 0.143. The second-order valence-electron chi connectivity index (χ2n) is 18.3. The smallest absolute Gasteiger partial charge is 0.220 e. The highest BCUT2D eigenvalue weighted by Crippen LogP contribution is 2.23. The Hall–Kier alpha value is -2.37. The van der Waals surface area contributed by atoms with E-state index < -0.39 is 49.5 Å². The van der Waals surface area contributed by atoms with Gasteiger partial charge in [0.1, 0.15) is 24.4 Å². The van der Waals surface area contributed by atoms with Crippen LogP contribution in [0.2, 0.25) is 0 Å². The minimum atomic E-state index is -1.55. The van der Waals surface area contributed by atoms with Crippen LogP contribution in [0.25, 0.3) is 0 Å². The molecule has 1 aliphatic rings. The fraction of sp³-hybridized carbons (Fsp3) is 0.768. The zero-order chi connectivity index (χ0) is 47.3. The van der Waals surface area contributed by atoms with Crippen LogP contribution in [0.5, 0.6) is 0 Å². The number of hydrogen-bond donors (Lipinski definition) is 6. The summed E-state index contributed by atoms with van der Waals surface area (Å²) in [6.07, 6.45) is 56.2. The highest BCUT2D eigenvalue weighted by atomic mass is 16.7. The number of ether oxygens (including phenoxy) is 2. The molecule has 376 valence electrons. The molecule has 7 atom stereocenters. The van der Waals surface area contributed by atoms with E-state index in [-0.39, 0.29) is 12.5 Å². The molecule has 1 amide bonds. The second-order valence-corrected chi connectivity index (χ2v) is 18.3. The van der Waals surface area contributed by atoms with Gasteiger partial charge in [0.05, 0.1) is 25.4 Å². The maximum absolute atomic E-state index is 12.8. The van der Waals surface area contributed by atoms with Crippen molar-refractivity contribution in [3.05, 3.63) is 72.9 Å². The number of rotatable bonds is 44. The first kappa shape index (κ1) is 60.6. The number of amides is 1. The first-order valence-corrected chi connectivity index (χ1v) is 26.6. The molecule has 1 aliphatic heterocycles. The number of hydrogen-bond acceptors (Lipinski definition) is 8. The number of unbranched alkanes of at least 4 members (excludes halogenated alkanes) is 22. The third-order valence-corrected chi connectivity index (χ3v) is 12.3. The van der Waals surface area contributed by atoms with Crippen LogP contribution in [0, 0.1) is 0 Å². The monoisotopic (exact) mass is 914 g/mol. The average Bonchev–Trinajstić information content (AvgIpc) is 3.30. The first-order valence-electron chi connectivity index (χ1n) is 26.6. The van der Waals surface area contributed by atoms with Gasteiger partial charge in [-0.25, -0.2) is 0 Å². The van der Waals surface area contributed by atoms with Gasteiger partial charge in [-0.3, -0.25) is 4.79 Å². The summed E-state index contributed by atoms with van der Waals surface area (Å²) in [5.41, 5.74) is 0. The molecule has 6 N–H and O–H groups in total. The molecule has 0 aliphatic carbocycles. The molecular formula is C56H99NO8. The van der Waals surface area contributed by atoms with Gasteiger partial charge in [-0.1, -0.05) is 222 Å². The van der Waals surface area contributed by atoms with Gasteiger partial charge < -0.3 is 40.3 Å². The van der Waals surface area contributed by atoms with Crippen LogP contribution in [-0.4, -0.2) is 87.5 Å². The van der Waals surface area contributed by atoms with Crippen molar-refractivity contribution in [1.29, 1.82) is 0 Å². The van der Waals surface area contributed by atoms with Gasteiger partial charge in [-0.2, -0.15) is 0 Å². The van der Waals surface area contributed by atoms with Gasteiger partial charge in [0, 0.05) is 6.42 Å². The fourth-order valence-corrected chi connectivity index (χ4v) is 8.11. The van der Waals surface area contributed by atoms with E-state index in [1.54, 1.807) is 0 Å². The Kier molecular flexibility index (Phi) is 42.4. The molecule has 0 aromatic carbocycles. The molecule has 9 nitrogen and oxygen atoms in total. The van der Waals surface area contributed by atoms with Crippen LogP contribution in [-0.2, 0) is 14.3 Å². The van der Waals surface area contributed by atoms with Crippen molar-refractivity contribution in [2.45, 2.75) is 262 Å². The summed E-state index contributed by atoms with van der Waals surface area (Å²) in [6.45, 7) is 3.55. The van der Waals surface area contributed by atoms with E-state index in [1.165, 1.54) is 116 Å². The molecule has 65 heavy (non-hydrogen) atoms. The molecule has 0 aromatic heterocycles. The summed E-state index contributed by atoms with van der Waals surface area (Å²) in [4.78, 5) is 12.8. The van der Waals surface area contributed by atoms with E-state index in [1.807, 2.05) is 0 Å². The van der Waals surface area contributed by atoms with E-state index in [0.717, 1.165) is 77.0 Å². The zero-order valence-electron chi connectivity index (χ0n) is 41.5.